The molecule has 0 bridgehead atoms. The van der Waals surface area contributed by atoms with Crippen molar-refractivity contribution >= 4 is 5.69 Å². The second kappa shape index (κ2) is 12.8. The molecule has 5 nitrogen and oxygen atoms in total. The zero-order valence-electron chi connectivity index (χ0n) is 16.5. The van der Waals surface area contributed by atoms with Gasteiger partial charge in [0.2, 0.25) is 5.88 Å². The summed E-state index contributed by atoms with van der Waals surface area (Å²) in [4.78, 5) is 6.76. The van der Waals surface area contributed by atoms with Crippen LogP contribution in [0.1, 0.15) is 39.0 Å². The molecule has 138 valence electrons. The SMILES string of the molecule is C=CCOCC(C)Oc1nc(C)c(NCN(C)CC)cc1C.CC. The van der Waals surface area contributed by atoms with Crippen LogP contribution in [0.4, 0.5) is 5.69 Å². The van der Waals surface area contributed by atoms with Gasteiger partial charge in [0, 0.05) is 5.56 Å². The van der Waals surface area contributed by atoms with Crippen molar-refractivity contribution in [3.8, 4) is 5.88 Å². The van der Waals surface area contributed by atoms with E-state index in [2.05, 4.69) is 41.8 Å². The molecule has 24 heavy (non-hydrogen) atoms. The van der Waals surface area contributed by atoms with E-state index in [-0.39, 0.29) is 6.10 Å². The van der Waals surface area contributed by atoms with Crippen molar-refractivity contribution in [2.24, 2.45) is 0 Å². The Bertz CT molecular complexity index is 478. The highest BCUT2D eigenvalue weighted by Crippen LogP contribution is 2.23. The number of aromatic nitrogens is 1. The van der Waals surface area contributed by atoms with Crippen molar-refractivity contribution < 1.29 is 9.47 Å². The van der Waals surface area contributed by atoms with E-state index >= 15 is 0 Å². The van der Waals surface area contributed by atoms with Gasteiger partial charge >= 0.3 is 0 Å². The number of anilines is 1. The van der Waals surface area contributed by atoms with Crippen molar-refractivity contribution in [1.82, 2.24) is 9.88 Å². The van der Waals surface area contributed by atoms with Gasteiger partial charge in [0.25, 0.3) is 0 Å². The van der Waals surface area contributed by atoms with Gasteiger partial charge in [-0.05, 0) is 40.4 Å². The van der Waals surface area contributed by atoms with Crippen LogP contribution in [0.3, 0.4) is 0 Å². The van der Waals surface area contributed by atoms with Crippen molar-refractivity contribution in [3.63, 3.8) is 0 Å². The number of hydrogen-bond acceptors (Lipinski definition) is 5. The number of aryl methyl sites for hydroxylation is 2. The summed E-state index contributed by atoms with van der Waals surface area (Å²) < 4.78 is 11.3. The summed E-state index contributed by atoms with van der Waals surface area (Å²) in [6, 6.07) is 2.08. The van der Waals surface area contributed by atoms with Gasteiger partial charge in [-0.15, -0.1) is 6.58 Å². The molecule has 0 saturated carbocycles. The van der Waals surface area contributed by atoms with Crippen LogP contribution in [-0.2, 0) is 4.74 Å². The lowest BCUT2D eigenvalue weighted by Crippen LogP contribution is -2.25. The molecule has 0 aliphatic rings. The predicted molar refractivity (Wildman–Crippen MR) is 103 cm³/mol. The largest absolute Gasteiger partial charge is 0.472 e. The molecule has 0 aliphatic carbocycles. The van der Waals surface area contributed by atoms with E-state index in [1.165, 1.54) is 0 Å². The minimum atomic E-state index is -0.0458. The summed E-state index contributed by atoms with van der Waals surface area (Å²) in [6.45, 7) is 18.6. The third-order valence-corrected chi connectivity index (χ3v) is 3.34. The summed E-state index contributed by atoms with van der Waals surface area (Å²) in [5, 5.41) is 3.40. The molecule has 1 unspecified atom stereocenters. The van der Waals surface area contributed by atoms with E-state index in [4.69, 9.17) is 9.47 Å². The van der Waals surface area contributed by atoms with Gasteiger partial charge in [0.1, 0.15) is 6.10 Å². The van der Waals surface area contributed by atoms with Gasteiger partial charge in [-0.25, -0.2) is 4.98 Å². The Labute approximate surface area is 148 Å². The van der Waals surface area contributed by atoms with Crippen molar-refractivity contribution in [2.45, 2.75) is 47.6 Å². The van der Waals surface area contributed by atoms with Crippen LogP contribution in [0.5, 0.6) is 5.88 Å². The quantitative estimate of drug-likeness (QED) is 0.397. The minimum Gasteiger partial charge on any atom is -0.472 e. The molecule has 0 saturated heterocycles. The molecular formula is C19H35N3O2. The van der Waals surface area contributed by atoms with Gasteiger partial charge in [-0.3, -0.25) is 4.90 Å². The monoisotopic (exact) mass is 337 g/mol. The summed E-state index contributed by atoms with van der Waals surface area (Å²) >= 11 is 0. The lowest BCUT2D eigenvalue weighted by atomic mass is 10.2. The van der Waals surface area contributed by atoms with Crippen LogP contribution in [0.25, 0.3) is 0 Å². The average Bonchev–Trinajstić information content (AvgIpc) is 2.58. The van der Waals surface area contributed by atoms with Crippen molar-refractivity contribution in [1.29, 1.82) is 0 Å². The van der Waals surface area contributed by atoms with Gasteiger partial charge in [-0.2, -0.15) is 0 Å². The van der Waals surface area contributed by atoms with Gasteiger partial charge in [-0.1, -0.05) is 26.8 Å². The van der Waals surface area contributed by atoms with Crippen LogP contribution in [0, 0.1) is 13.8 Å². The van der Waals surface area contributed by atoms with Crippen LogP contribution < -0.4 is 10.1 Å². The number of rotatable bonds is 10. The fourth-order valence-electron chi connectivity index (χ4n) is 1.86. The highest BCUT2D eigenvalue weighted by atomic mass is 16.5. The second-order valence-electron chi connectivity index (χ2n) is 5.51. The highest BCUT2D eigenvalue weighted by Gasteiger charge is 2.11. The molecule has 5 heteroatoms. The first-order valence-electron chi connectivity index (χ1n) is 8.73. The van der Waals surface area contributed by atoms with Crippen LogP contribution in [0.15, 0.2) is 18.7 Å². The standard InChI is InChI=1S/C17H29N3O2.C2H6/c1-7-9-21-11-14(4)22-17-13(3)10-16(15(5)19-17)18-12-20(6)8-2;1-2/h7,10,14,18H,1,8-9,11-12H2,2-6H3;1-2H3. The molecule has 0 aliphatic heterocycles. The van der Waals surface area contributed by atoms with E-state index < -0.39 is 0 Å². The molecule has 0 amide bonds. The highest BCUT2D eigenvalue weighted by molar-refractivity contribution is 5.51. The Kier molecular flexibility index (Phi) is 11.9. The lowest BCUT2D eigenvalue weighted by molar-refractivity contribution is 0.0707. The Morgan fingerprint density at radius 1 is 1.38 bits per heavy atom. The second-order valence-corrected chi connectivity index (χ2v) is 5.51. The van der Waals surface area contributed by atoms with Crippen LogP contribution >= 0.6 is 0 Å². The number of nitrogens with zero attached hydrogens (tertiary/aromatic N) is 2. The molecule has 1 atom stereocenters. The zero-order valence-corrected chi connectivity index (χ0v) is 16.5. The Morgan fingerprint density at radius 3 is 2.62 bits per heavy atom. The zero-order chi connectivity index (χ0) is 18.5. The molecule has 1 aromatic heterocycles. The van der Waals surface area contributed by atoms with Crippen molar-refractivity contribution in [2.75, 3.05) is 38.8 Å². The van der Waals surface area contributed by atoms with E-state index in [0.717, 1.165) is 30.2 Å². The molecule has 0 aromatic carbocycles. The summed E-state index contributed by atoms with van der Waals surface area (Å²) in [7, 11) is 2.07. The number of hydrogen-bond donors (Lipinski definition) is 1. The predicted octanol–water partition coefficient (Wildman–Crippen LogP) is 4.02. The van der Waals surface area contributed by atoms with E-state index in [0.29, 0.717) is 19.1 Å². The maximum absolute atomic E-state index is 5.87. The number of ether oxygens (including phenoxy) is 2. The summed E-state index contributed by atoms with van der Waals surface area (Å²) in [5.41, 5.74) is 2.99. The van der Waals surface area contributed by atoms with Crippen LogP contribution in [-0.4, -0.2) is 49.5 Å². The molecule has 1 aromatic rings. The molecule has 0 spiro atoms. The molecular weight excluding hydrogens is 302 g/mol. The maximum Gasteiger partial charge on any atom is 0.216 e. The van der Waals surface area contributed by atoms with Gasteiger partial charge in [0.15, 0.2) is 0 Å². The molecule has 1 rings (SSSR count). The topological polar surface area (TPSA) is 46.6 Å². The molecule has 0 fully saturated rings. The lowest BCUT2D eigenvalue weighted by Gasteiger charge is -2.19. The molecule has 0 radical (unpaired) electrons. The Morgan fingerprint density at radius 2 is 2.04 bits per heavy atom. The van der Waals surface area contributed by atoms with E-state index in [9.17, 15) is 0 Å². The van der Waals surface area contributed by atoms with E-state index in [1.54, 1.807) is 6.08 Å². The third kappa shape index (κ3) is 8.31. The van der Waals surface area contributed by atoms with Gasteiger partial charge in [0.05, 0.1) is 31.3 Å². The normalized spacial score (nSPS) is 11.5. The minimum absolute atomic E-state index is 0.0458. The fraction of sp³-hybridized carbons (Fsp3) is 0.632. The summed E-state index contributed by atoms with van der Waals surface area (Å²) in [6.07, 6.45) is 1.68. The maximum atomic E-state index is 5.87. The average molecular weight is 338 g/mol. The first-order chi connectivity index (χ1) is 11.5. The Balaban J connectivity index is 0.00000254. The third-order valence-electron chi connectivity index (χ3n) is 3.34. The van der Waals surface area contributed by atoms with Gasteiger partial charge < -0.3 is 14.8 Å². The number of nitrogens with one attached hydrogen (secondary N) is 1. The summed E-state index contributed by atoms with van der Waals surface area (Å²) in [5.74, 6) is 0.668. The van der Waals surface area contributed by atoms with E-state index in [1.807, 2.05) is 34.6 Å². The van der Waals surface area contributed by atoms with Crippen molar-refractivity contribution in [3.05, 3.63) is 30.0 Å². The fourth-order valence-corrected chi connectivity index (χ4v) is 1.86. The Hall–Kier alpha value is -1.59. The molecule has 1 heterocycles. The smallest absolute Gasteiger partial charge is 0.216 e. The first kappa shape index (κ1) is 22.4. The number of pyridine rings is 1. The molecule has 1 N–H and O–H groups in total. The van der Waals surface area contributed by atoms with Crippen LogP contribution in [0.2, 0.25) is 0 Å². The first-order valence-corrected chi connectivity index (χ1v) is 8.73.